The third kappa shape index (κ3) is 13.4. The molecule has 4 aromatic carbocycles. The number of hydrogen-bond donors (Lipinski definition) is 1. The smallest absolute Gasteiger partial charge is 0.420 e. The largest absolute Gasteiger partial charge is 0.490 e. The van der Waals surface area contributed by atoms with Crippen molar-refractivity contribution >= 4 is 33.5 Å². The van der Waals surface area contributed by atoms with Gasteiger partial charge in [-0.05, 0) is 131 Å². The molecule has 4 aromatic rings. The monoisotopic (exact) mass is 973 g/mol. The highest BCUT2D eigenvalue weighted by molar-refractivity contribution is 5.90. The van der Waals surface area contributed by atoms with Crippen molar-refractivity contribution in [3.8, 4) is 11.5 Å². The molecular formula is C55H74F6N2O6. The van der Waals surface area contributed by atoms with Gasteiger partial charge in [0.25, 0.3) is 0 Å². The van der Waals surface area contributed by atoms with Crippen molar-refractivity contribution in [1.82, 2.24) is 9.80 Å². The minimum atomic E-state index is -4.52. The van der Waals surface area contributed by atoms with Crippen LogP contribution in [0.25, 0.3) is 21.5 Å². The molecule has 2 heterocycles. The molecule has 2 saturated carbocycles. The fourth-order valence-corrected chi connectivity index (χ4v) is 10.5. The molecule has 0 unspecified atom stereocenters. The fourth-order valence-electron chi connectivity index (χ4n) is 10.5. The zero-order valence-electron chi connectivity index (χ0n) is 39.8. The number of methoxy groups -OCH3 is 1. The summed E-state index contributed by atoms with van der Waals surface area (Å²) in [6.45, 7) is 16.5. The number of hydrogen-bond acceptors (Lipinski definition) is 7. The summed E-state index contributed by atoms with van der Waals surface area (Å²) in [7, 11) is 1.38. The lowest BCUT2D eigenvalue weighted by molar-refractivity contribution is -0.151. The molecule has 0 atom stereocenters. The van der Waals surface area contributed by atoms with Crippen LogP contribution in [0.5, 0.6) is 11.5 Å². The van der Waals surface area contributed by atoms with Gasteiger partial charge in [0.15, 0.2) is 0 Å². The van der Waals surface area contributed by atoms with Crippen LogP contribution in [0.1, 0.15) is 130 Å². The number of carbonyl (C=O) groups excluding carboxylic acids is 1. The number of likely N-dealkylation sites (tertiary alicyclic amines) is 2. The van der Waals surface area contributed by atoms with E-state index in [1.807, 2.05) is 4.90 Å². The summed E-state index contributed by atoms with van der Waals surface area (Å²) in [4.78, 5) is 26.6. The number of carboxylic acids is 1. The highest BCUT2D eigenvalue weighted by Crippen LogP contribution is 2.46. The van der Waals surface area contributed by atoms with Gasteiger partial charge in [-0.1, -0.05) is 92.8 Å². The van der Waals surface area contributed by atoms with Crippen LogP contribution in [-0.4, -0.2) is 72.3 Å². The molecule has 0 bridgehead atoms. The second kappa shape index (κ2) is 21.8. The molecule has 2 saturated heterocycles. The first-order valence-corrected chi connectivity index (χ1v) is 23.7. The number of benzene rings is 4. The third-order valence-corrected chi connectivity index (χ3v) is 14.7. The number of halogens is 6. The molecule has 69 heavy (non-hydrogen) atoms. The van der Waals surface area contributed by atoms with E-state index in [9.17, 15) is 35.9 Å². The lowest BCUT2D eigenvalue weighted by atomic mass is 9.72. The van der Waals surface area contributed by atoms with E-state index in [1.54, 1.807) is 42.5 Å². The van der Waals surface area contributed by atoms with Gasteiger partial charge in [0, 0.05) is 39.3 Å². The molecule has 0 spiro atoms. The average molecular weight is 973 g/mol. The van der Waals surface area contributed by atoms with E-state index in [-0.39, 0.29) is 78.0 Å². The predicted molar refractivity (Wildman–Crippen MR) is 260 cm³/mol. The predicted octanol–water partition coefficient (Wildman–Crippen LogP) is 14.1. The maximum Gasteiger partial charge on any atom is 0.420 e. The molecule has 0 radical (unpaired) electrons. The van der Waals surface area contributed by atoms with Crippen LogP contribution < -0.4 is 9.47 Å². The average Bonchev–Trinajstić information content (AvgIpc) is 3.21. The Morgan fingerprint density at radius 2 is 0.928 bits per heavy atom. The first kappa shape index (κ1) is 55.4. The van der Waals surface area contributed by atoms with Gasteiger partial charge in [-0.2, -0.15) is 26.3 Å². The summed E-state index contributed by atoms with van der Waals surface area (Å²) in [5.41, 5.74) is 0.794. The van der Waals surface area contributed by atoms with E-state index < -0.39 is 29.4 Å². The summed E-state index contributed by atoms with van der Waals surface area (Å²) in [5, 5.41) is 10.4. The van der Waals surface area contributed by atoms with E-state index in [0.717, 1.165) is 62.5 Å². The summed E-state index contributed by atoms with van der Waals surface area (Å²) < 4.78 is 101. The van der Waals surface area contributed by atoms with Crippen LogP contribution in [0.3, 0.4) is 0 Å². The Morgan fingerprint density at radius 3 is 1.25 bits per heavy atom. The Kier molecular flexibility index (Phi) is 17.5. The van der Waals surface area contributed by atoms with Crippen molar-refractivity contribution in [2.45, 2.75) is 145 Å². The van der Waals surface area contributed by atoms with E-state index in [0.29, 0.717) is 61.9 Å². The first-order valence-electron chi connectivity index (χ1n) is 23.7. The Morgan fingerprint density at radius 1 is 0.565 bits per heavy atom. The zero-order valence-corrected chi connectivity index (χ0v) is 39.8. The lowest BCUT2D eigenvalue weighted by Crippen LogP contribution is -2.49. The molecule has 8 nitrogen and oxygen atoms in total. The molecule has 382 valence electrons. The number of rotatable bonds is 10. The zero-order chi connectivity index (χ0) is 48.6. The lowest BCUT2D eigenvalue weighted by Gasteiger charge is -2.37. The maximum absolute atomic E-state index is 14.1. The summed E-state index contributed by atoms with van der Waals surface area (Å²) >= 11 is 0. The van der Waals surface area contributed by atoms with E-state index in [1.165, 1.54) is 25.3 Å². The van der Waals surface area contributed by atoms with E-state index in [4.69, 9.17) is 19.3 Å². The first-order chi connectivity index (χ1) is 31.4. The third-order valence-electron chi connectivity index (χ3n) is 14.7. The topological polar surface area (TPSA) is 88.5 Å². The van der Waals surface area contributed by atoms with Gasteiger partial charge >= 0.3 is 24.3 Å². The summed E-state index contributed by atoms with van der Waals surface area (Å²) in [6, 6.07) is 16.4. The summed E-state index contributed by atoms with van der Waals surface area (Å²) in [5.74, 6) is -0.543. The van der Waals surface area contributed by atoms with Crippen molar-refractivity contribution < 1.29 is 55.2 Å². The van der Waals surface area contributed by atoms with Crippen LogP contribution in [0.2, 0.25) is 0 Å². The van der Waals surface area contributed by atoms with Crippen LogP contribution >= 0.6 is 0 Å². The Hall–Kier alpha value is -4.56. The van der Waals surface area contributed by atoms with Crippen LogP contribution in [0, 0.1) is 34.5 Å². The standard InChI is InChI=1S/C27H34F3NO3.C26H32F3NO3.2CH4/c1-26(2,3)20-7-9-21(10-8-20)34-23-12-6-18-13-17(5-11-22(18)24(23)27(28,29)30)14-31-15-19(16-31)25(32)33-4;1-25(2,3)19-6-8-20(9-7-19)33-22-11-5-17-12-16(13-30-14-18(15-30)24(31)32)4-10-21(17)23(22)26(27,28)29;;/h5-6,11-13,19-21H,7-10,14-16H2,1-4H3;4-5,10-12,18-20H,6-9,13-15H2,1-3H3,(H,31,32);2*1H4. The second-order valence-electron chi connectivity index (χ2n) is 21.5. The molecule has 0 amide bonds. The molecule has 8 rings (SSSR count). The SMILES string of the molecule is C.C.CC(C)(C)C1CCC(Oc2ccc3cc(CN4CC(C(=O)O)C4)ccc3c2C(F)(F)F)CC1.COC(=O)C1CN(Cc2ccc3c(C(F)(F)F)c(OC4CCC(C(C)(C)C)CC4)ccc3c2)C1. The quantitative estimate of drug-likeness (QED) is 0.124. The normalized spacial score (nSPS) is 22.0. The van der Waals surface area contributed by atoms with Gasteiger partial charge in [-0.15, -0.1) is 0 Å². The minimum absolute atomic E-state index is 0. The highest BCUT2D eigenvalue weighted by atomic mass is 19.4. The summed E-state index contributed by atoms with van der Waals surface area (Å²) in [6.07, 6.45) is -2.46. The molecular weight excluding hydrogens is 899 g/mol. The number of esters is 1. The molecule has 4 aliphatic rings. The Balaban J connectivity index is 0.000000250. The van der Waals surface area contributed by atoms with Gasteiger partial charge in [0.1, 0.15) is 22.6 Å². The number of carboxylic acid groups (broad SMARTS) is 1. The van der Waals surface area contributed by atoms with Crippen LogP contribution in [0.15, 0.2) is 60.7 Å². The molecule has 2 aliphatic carbocycles. The van der Waals surface area contributed by atoms with Crippen molar-refractivity contribution in [3.05, 3.63) is 82.9 Å². The molecule has 0 aromatic heterocycles. The Labute approximate surface area is 405 Å². The minimum Gasteiger partial charge on any atom is -0.490 e. The second-order valence-corrected chi connectivity index (χ2v) is 21.5. The van der Waals surface area contributed by atoms with Gasteiger partial charge < -0.3 is 19.3 Å². The molecule has 2 aliphatic heterocycles. The maximum atomic E-state index is 14.1. The van der Waals surface area contributed by atoms with Gasteiger partial charge in [0.05, 0.1) is 31.2 Å². The number of nitrogens with zero attached hydrogens (tertiary/aromatic N) is 2. The van der Waals surface area contributed by atoms with Gasteiger partial charge in [0.2, 0.25) is 0 Å². The number of ether oxygens (including phenoxy) is 3. The fraction of sp³-hybridized carbons (Fsp3) is 0.600. The number of aliphatic carboxylic acids is 1. The molecule has 14 heteroatoms. The van der Waals surface area contributed by atoms with Gasteiger partial charge in [-0.25, -0.2) is 0 Å². The van der Waals surface area contributed by atoms with Crippen molar-refractivity contribution in [3.63, 3.8) is 0 Å². The van der Waals surface area contributed by atoms with Crippen molar-refractivity contribution in [2.75, 3.05) is 33.3 Å². The van der Waals surface area contributed by atoms with E-state index >= 15 is 0 Å². The highest BCUT2D eigenvalue weighted by Gasteiger charge is 2.41. The Bertz CT molecular complexity index is 2380. The van der Waals surface area contributed by atoms with Crippen molar-refractivity contribution in [2.24, 2.45) is 34.5 Å². The number of fused-ring (bicyclic) bond motifs is 2. The molecule has 1 N–H and O–H groups in total. The molecule has 4 fully saturated rings. The van der Waals surface area contributed by atoms with Gasteiger partial charge in [-0.3, -0.25) is 19.4 Å². The number of alkyl halides is 6. The van der Waals surface area contributed by atoms with E-state index in [2.05, 4.69) is 46.4 Å². The number of carbonyl (C=O) groups is 2. The van der Waals surface area contributed by atoms with Crippen molar-refractivity contribution in [1.29, 1.82) is 0 Å². The van der Waals surface area contributed by atoms with Crippen LogP contribution in [-0.2, 0) is 39.8 Å². The van der Waals surface area contributed by atoms with Crippen LogP contribution in [0.4, 0.5) is 26.3 Å².